The first-order valence-electron chi connectivity index (χ1n) is 13.6. The van der Waals surface area contributed by atoms with Crippen LogP contribution in [-0.4, -0.2) is 89.1 Å². The highest BCUT2D eigenvalue weighted by molar-refractivity contribution is 5.95. The molecule has 0 unspecified atom stereocenters. The first kappa shape index (κ1) is 32.2. The first-order valence-corrected chi connectivity index (χ1v) is 13.6. The fourth-order valence-corrected chi connectivity index (χ4v) is 4.20. The molecule has 1 aliphatic heterocycles. The summed E-state index contributed by atoms with van der Waals surface area (Å²) in [4.78, 5) is 94.9. The van der Waals surface area contributed by atoms with Gasteiger partial charge in [0.05, 0.1) is 19.4 Å². The van der Waals surface area contributed by atoms with Crippen LogP contribution < -0.4 is 37.6 Å². The lowest BCUT2D eigenvalue weighted by Crippen LogP contribution is -2.56. The second kappa shape index (κ2) is 16.2. The SMILES string of the molecule is NC(=O)CNC(=O)[C@@H]1CCNC(=O)CCC(=O)N[C@@H](Cc2cnc[nH]2)C(=O)N[C@H](Cc2ccccc2)C(=O)NCC(=O)N1. The van der Waals surface area contributed by atoms with E-state index in [2.05, 4.69) is 41.9 Å². The van der Waals surface area contributed by atoms with Crippen molar-refractivity contribution in [1.29, 1.82) is 0 Å². The van der Waals surface area contributed by atoms with E-state index in [1.54, 1.807) is 30.3 Å². The van der Waals surface area contributed by atoms with Crippen molar-refractivity contribution in [3.8, 4) is 0 Å². The predicted octanol–water partition coefficient (Wildman–Crippen LogP) is -3.33. The third kappa shape index (κ3) is 11.3. The Hall–Kier alpha value is -5.28. The standard InChI is InChI=1S/C27H35N9O7/c28-21(37)13-31-25(41)18-8-9-30-22(38)6-7-23(39)35-20(11-17-12-29-15-33-17)27(43)36-19(10-16-4-2-1-3-5-16)26(42)32-14-24(40)34-18/h1-5,12,15,18-20H,6-11,13-14H2,(H2,28,37)(H,29,33)(H,30,38)(H,31,41)(H,32,42)(H,34,40)(H,35,39)(H,36,43)/t18-,19+,20-/m0/s1. The normalized spacial score (nSPS) is 21.1. The molecule has 0 saturated carbocycles. The number of aromatic amines is 1. The quantitative estimate of drug-likeness (QED) is 0.160. The highest BCUT2D eigenvalue weighted by atomic mass is 16.2. The van der Waals surface area contributed by atoms with Crippen LogP contribution in [0, 0.1) is 0 Å². The van der Waals surface area contributed by atoms with Gasteiger partial charge in [0.25, 0.3) is 0 Å². The molecule has 0 spiro atoms. The Labute approximate surface area is 246 Å². The van der Waals surface area contributed by atoms with E-state index in [1.165, 1.54) is 12.5 Å². The molecule has 9 N–H and O–H groups in total. The maximum atomic E-state index is 13.4. The van der Waals surface area contributed by atoms with Crippen LogP contribution in [0.15, 0.2) is 42.9 Å². The summed E-state index contributed by atoms with van der Waals surface area (Å²) in [6.45, 7) is -1.06. The van der Waals surface area contributed by atoms with Crippen molar-refractivity contribution in [1.82, 2.24) is 41.9 Å². The number of hydrogen-bond acceptors (Lipinski definition) is 8. The molecule has 7 amide bonds. The van der Waals surface area contributed by atoms with Crippen molar-refractivity contribution in [2.45, 2.75) is 50.2 Å². The van der Waals surface area contributed by atoms with Gasteiger partial charge in [0.2, 0.25) is 41.4 Å². The van der Waals surface area contributed by atoms with Gasteiger partial charge in [0.1, 0.15) is 18.1 Å². The zero-order valence-corrected chi connectivity index (χ0v) is 23.3. The molecule has 3 rings (SSSR count). The van der Waals surface area contributed by atoms with Crippen LogP contribution in [-0.2, 0) is 46.4 Å². The van der Waals surface area contributed by atoms with Gasteiger partial charge in [-0.15, -0.1) is 0 Å². The molecule has 16 heteroatoms. The minimum Gasteiger partial charge on any atom is -0.368 e. The largest absolute Gasteiger partial charge is 0.368 e. The van der Waals surface area contributed by atoms with E-state index < -0.39 is 72.6 Å². The van der Waals surface area contributed by atoms with Crippen molar-refractivity contribution in [3.63, 3.8) is 0 Å². The van der Waals surface area contributed by atoms with Crippen molar-refractivity contribution in [2.24, 2.45) is 5.73 Å². The number of rotatable bonds is 7. The smallest absolute Gasteiger partial charge is 0.243 e. The molecule has 1 fully saturated rings. The van der Waals surface area contributed by atoms with Gasteiger partial charge in [-0.25, -0.2) is 4.98 Å². The van der Waals surface area contributed by atoms with Crippen LogP contribution in [0.3, 0.4) is 0 Å². The topological polar surface area (TPSA) is 246 Å². The molecule has 2 aromatic rings. The number of imidazole rings is 1. The number of carbonyl (C=O) groups is 7. The lowest BCUT2D eigenvalue weighted by molar-refractivity contribution is -0.133. The summed E-state index contributed by atoms with van der Waals surface area (Å²) in [6.07, 6.45) is 2.50. The van der Waals surface area contributed by atoms with Crippen LogP contribution in [0.5, 0.6) is 0 Å². The lowest BCUT2D eigenvalue weighted by atomic mass is 10.0. The van der Waals surface area contributed by atoms with Crippen molar-refractivity contribution >= 4 is 41.4 Å². The number of H-pyrrole nitrogens is 1. The zero-order chi connectivity index (χ0) is 31.2. The molecule has 0 radical (unpaired) electrons. The molecule has 16 nitrogen and oxygen atoms in total. The Balaban J connectivity index is 1.82. The number of hydrogen-bond donors (Lipinski definition) is 8. The summed E-state index contributed by atoms with van der Waals surface area (Å²) in [5, 5.41) is 15.1. The number of nitrogens with zero attached hydrogens (tertiary/aromatic N) is 1. The number of nitrogens with two attached hydrogens (primary N) is 1. The van der Waals surface area contributed by atoms with Crippen LogP contribution in [0.1, 0.15) is 30.5 Å². The van der Waals surface area contributed by atoms with Crippen molar-refractivity contribution < 1.29 is 33.6 Å². The van der Waals surface area contributed by atoms with Crippen LogP contribution in [0.25, 0.3) is 0 Å². The van der Waals surface area contributed by atoms with Crippen LogP contribution in [0.4, 0.5) is 0 Å². The molecule has 2 heterocycles. The van der Waals surface area contributed by atoms with E-state index in [0.29, 0.717) is 5.69 Å². The maximum absolute atomic E-state index is 13.4. The number of amides is 7. The average Bonchev–Trinajstić information content (AvgIpc) is 3.49. The van der Waals surface area contributed by atoms with Crippen molar-refractivity contribution in [3.05, 3.63) is 54.1 Å². The Bertz CT molecular complexity index is 1300. The Morgan fingerprint density at radius 1 is 0.860 bits per heavy atom. The Morgan fingerprint density at radius 2 is 1.58 bits per heavy atom. The number of carbonyl (C=O) groups excluding carboxylic acids is 7. The Morgan fingerprint density at radius 3 is 2.28 bits per heavy atom. The highest BCUT2D eigenvalue weighted by Gasteiger charge is 2.29. The van der Waals surface area contributed by atoms with Gasteiger partial charge < -0.3 is 42.6 Å². The molecule has 1 aromatic heterocycles. The highest BCUT2D eigenvalue weighted by Crippen LogP contribution is 2.06. The molecule has 0 bridgehead atoms. The van der Waals surface area contributed by atoms with E-state index in [0.717, 1.165) is 5.56 Å². The zero-order valence-electron chi connectivity index (χ0n) is 23.3. The van der Waals surface area contributed by atoms with Gasteiger partial charge >= 0.3 is 0 Å². The van der Waals surface area contributed by atoms with Gasteiger partial charge in [-0.1, -0.05) is 30.3 Å². The monoisotopic (exact) mass is 597 g/mol. The van der Waals surface area contributed by atoms with E-state index in [1.807, 2.05) is 0 Å². The number of nitrogens with one attached hydrogen (secondary N) is 7. The van der Waals surface area contributed by atoms with Gasteiger partial charge in [-0.2, -0.15) is 0 Å². The van der Waals surface area contributed by atoms with Gasteiger partial charge in [-0.05, 0) is 12.0 Å². The fourth-order valence-electron chi connectivity index (χ4n) is 4.20. The second-order valence-electron chi connectivity index (χ2n) is 9.81. The van der Waals surface area contributed by atoms with Gasteiger partial charge in [-0.3, -0.25) is 33.6 Å². The minimum absolute atomic E-state index is 0.0328. The van der Waals surface area contributed by atoms with Crippen molar-refractivity contribution in [2.75, 3.05) is 19.6 Å². The number of primary amides is 1. The molecule has 230 valence electrons. The summed E-state index contributed by atoms with van der Waals surface area (Å²) in [6, 6.07) is 5.45. The lowest BCUT2D eigenvalue weighted by Gasteiger charge is -2.24. The number of benzene rings is 1. The molecular formula is C27H35N9O7. The Kier molecular flexibility index (Phi) is 12.2. The summed E-state index contributed by atoms with van der Waals surface area (Å²) in [5.74, 6) is -4.66. The van der Waals surface area contributed by atoms with E-state index in [-0.39, 0.29) is 38.6 Å². The molecule has 1 aliphatic rings. The number of aromatic nitrogens is 2. The average molecular weight is 598 g/mol. The predicted molar refractivity (Wildman–Crippen MR) is 150 cm³/mol. The molecular weight excluding hydrogens is 562 g/mol. The van der Waals surface area contributed by atoms with Gasteiger partial charge in [0, 0.05) is 44.1 Å². The van der Waals surface area contributed by atoms with E-state index >= 15 is 0 Å². The third-order valence-electron chi connectivity index (χ3n) is 6.39. The first-order chi connectivity index (χ1) is 20.6. The molecule has 1 saturated heterocycles. The molecule has 0 aliphatic carbocycles. The molecule has 3 atom stereocenters. The maximum Gasteiger partial charge on any atom is 0.243 e. The third-order valence-corrected chi connectivity index (χ3v) is 6.39. The minimum atomic E-state index is -1.17. The molecule has 43 heavy (non-hydrogen) atoms. The van der Waals surface area contributed by atoms with Crippen LogP contribution in [0.2, 0.25) is 0 Å². The van der Waals surface area contributed by atoms with E-state index in [9.17, 15) is 33.6 Å². The molecule has 1 aromatic carbocycles. The summed E-state index contributed by atoms with van der Waals surface area (Å²) in [7, 11) is 0. The van der Waals surface area contributed by atoms with Gasteiger partial charge in [0.15, 0.2) is 0 Å². The van der Waals surface area contributed by atoms with E-state index in [4.69, 9.17) is 5.73 Å². The van der Waals surface area contributed by atoms with Crippen LogP contribution >= 0.6 is 0 Å². The summed E-state index contributed by atoms with van der Waals surface area (Å²) < 4.78 is 0. The summed E-state index contributed by atoms with van der Waals surface area (Å²) >= 11 is 0. The summed E-state index contributed by atoms with van der Waals surface area (Å²) in [5.41, 5.74) is 6.35. The second-order valence-corrected chi connectivity index (χ2v) is 9.81. The fraction of sp³-hybridized carbons (Fsp3) is 0.407.